The van der Waals surface area contributed by atoms with Crippen molar-refractivity contribution >= 4 is 17.1 Å². The molecule has 0 aliphatic heterocycles. The molecule has 0 unspecified atom stereocenters. The van der Waals surface area contributed by atoms with E-state index in [4.69, 9.17) is 5.73 Å². The molecule has 0 fully saturated rings. The molecule has 4 aromatic rings. The van der Waals surface area contributed by atoms with Crippen molar-refractivity contribution in [3.8, 4) is 17.1 Å². The average molecular weight is 349 g/mol. The fourth-order valence-electron chi connectivity index (χ4n) is 2.92. The molecule has 3 heterocycles. The highest BCUT2D eigenvalue weighted by molar-refractivity contribution is 6.02. The lowest BCUT2D eigenvalue weighted by Crippen LogP contribution is -2.15. The average Bonchev–Trinajstić information content (AvgIpc) is 3.12. The number of amides is 1. The first kappa shape index (κ1) is 15.8. The van der Waals surface area contributed by atoms with Crippen molar-refractivity contribution < 1.29 is 4.79 Å². The van der Waals surface area contributed by atoms with Gasteiger partial charge in [0.2, 0.25) is 0 Å². The van der Waals surface area contributed by atoms with Gasteiger partial charge < -0.3 is 10.7 Å². The van der Waals surface area contributed by atoms with Gasteiger partial charge in [0.25, 0.3) is 5.91 Å². The molecule has 0 spiro atoms. The maximum absolute atomic E-state index is 12.5. The third kappa shape index (κ3) is 2.37. The predicted molar refractivity (Wildman–Crippen MR) is 94.9 cm³/mol. The topological polar surface area (TPSA) is 124 Å². The number of imidazole rings is 1. The SMILES string of the molecule is Cc1nn(C)cc1-c1nc(C(N)=O)c2[nH]c(=O)n(-c3ccccc3)c2n1. The number of aryl methyl sites for hydroxylation is 2. The first-order valence-electron chi connectivity index (χ1n) is 7.84. The van der Waals surface area contributed by atoms with Gasteiger partial charge in [0.1, 0.15) is 5.52 Å². The number of carbonyl (C=O) groups is 1. The number of hydrogen-bond acceptors (Lipinski definition) is 5. The summed E-state index contributed by atoms with van der Waals surface area (Å²) >= 11 is 0. The Bertz CT molecular complexity index is 1200. The third-order valence-electron chi connectivity index (χ3n) is 4.04. The summed E-state index contributed by atoms with van der Waals surface area (Å²) in [4.78, 5) is 35.9. The zero-order valence-electron chi connectivity index (χ0n) is 14.1. The van der Waals surface area contributed by atoms with Crippen LogP contribution in [0.4, 0.5) is 0 Å². The molecule has 0 saturated carbocycles. The predicted octanol–water partition coefficient (Wildman–Crippen LogP) is 0.917. The summed E-state index contributed by atoms with van der Waals surface area (Å²) in [5.74, 6) is -0.470. The summed E-state index contributed by atoms with van der Waals surface area (Å²) < 4.78 is 3.02. The Labute approximate surface area is 147 Å². The fraction of sp³-hybridized carbons (Fsp3) is 0.118. The molecule has 3 N–H and O–H groups in total. The molecule has 0 atom stereocenters. The second-order valence-corrected chi connectivity index (χ2v) is 5.86. The summed E-state index contributed by atoms with van der Waals surface area (Å²) in [7, 11) is 1.78. The summed E-state index contributed by atoms with van der Waals surface area (Å²) in [5.41, 5.74) is 7.48. The molecule has 130 valence electrons. The van der Waals surface area contributed by atoms with Crippen molar-refractivity contribution in [1.82, 2.24) is 29.3 Å². The van der Waals surface area contributed by atoms with Crippen LogP contribution in [0.15, 0.2) is 41.3 Å². The van der Waals surface area contributed by atoms with E-state index in [1.165, 1.54) is 4.57 Å². The Morgan fingerprint density at radius 3 is 2.54 bits per heavy atom. The van der Waals surface area contributed by atoms with Crippen molar-refractivity contribution in [2.45, 2.75) is 6.92 Å². The number of primary amides is 1. The number of nitrogens with two attached hydrogens (primary N) is 1. The molecule has 1 aromatic carbocycles. The molecule has 0 bridgehead atoms. The van der Waals surface area contributed by atoms with Crippen LogP contribution in [0.5, 0.6) is 0 Å². The van der Waals surface area contributed by atoms with Crippen LogP contribution in [-0.2, 0) is 7.05 Å². The number of nitrogens with one attached hydrogen (secondary N) is 1. The van der Waals surface area contributed by atoms with Gasteiger partial charge in [-0.25, -0.2) is 19.3 Å². The van der Waals surface area contributed by atoms with E-state index in [1.54, 1.807) is 30.1 Å². The monoisotopic (exact) mass is 349 g/mol. The van der Waals surface area contributed by atoms with Gasteiger partial charge in [-0.15, -0.1) is 0 Å². The van der Waals surface area contributed by atoms with Crippen LogP contribution in [0, 0.1) is 6.92 Å². The molecule has 0 aliphatic carbocycles. The molecule has 0 saturated heterocycles. The number of fused-ring (bicyclic) bond motifs is 1. The number of hydrogen-bond donors (Lipinski definition) is 2. The molecule has 3 aromatic heterocycles. The first-order valence-corrected chi connectivity index (χ1v) is 7.84. The van der Waals surface area contributed by atoms with Crippen molar-refractivity contribution in [2.75, 3.05) is 0 Å². The fourth-order valence-corrected chi connectivity index (χ4v) is 2.92. The Balaban J connectivity index is 2.10. The summed E-state index contributed by atoms with van der Waals surface area (Å²) in [6, 6.07) is 9.01. The molecular formula is C17H15N7O2. The number of para-hydroxylation sites is 1. The zero-order chi connectivity index (χ0) is 18.4. The van der Waals surface area contributed by atoms with E-state index in [1.807, 2.05) is 25.1 Å². The summed E-state index contributed by atoms with van der Waals surface area (Å²) in [6.45, 7) is 1.81. The Morgan fingerprint density at radius 1 is 1.19 bits per heavy atom. The van der Waals surface area contributed by atoms with Crippen LogP contribution >= 0.6 is 0 Å². The molecule has 4 rings (SSSR count). The highest BCUT2D eigenvalue weighted by atomic mass is 16.2. The summed E-state index contributed by atoms with van der Waals surface area (Å²) in [6.07, 6.45) is 1.75. The van der Waals surface area contributed by atoms with Crippen LogP contribution in [0.1, 0.15) is 16.2 Å². The van der Waals surface area contributed by atoms with E-state index in [0.717, 1.165) is 0 Å². The largest absolute Gasteiger partial charge is 0.364 e. The lowest BCUT2D eigenvalue weighted by molar-refractivity contribution is 0.0997. The molecule has 26 heavy (non-hydrogen) atoms. The number of benzene rings is 1. The van der Waals surface area contributed by atoms with Gasteiger partial charge in [-0.1, -0.05) is 18.2 Å². The number of nitrogens with zero attached hydrogens (tertiary/aromatic N) is 5. The van der Waals surface area contributed by atoms with E-state index in [2.05, 4.69) is 20.1 Å². The number of rotatable bonds is 3. The highest BCUT2D eigenvalue weighted by Crippen LogP contribution is 2.23. The molecule has 9 nitrogen and oxygen atoms in total. The van der Waals surface area contributed by atoms with Gasteiger partial charge in [0, 0.05) is 13.2 Å². The smallest absolute Gasteiger partial charge is 0.332 e. The lowest BCUT2D eigenvalue weighted by Gasteiger charge is -2.05. The molecule has 0 radical (unpaired) electrons. The Kier molecular flexibility index (Phi) is 3.43. The normalized spacial score (nSPS) is 11.2. The third-order valence-corrected chi connectivity index (χ3v) is 4.04. The number of aromatic amines is 1. The zero-order valence-corrected chi connectivity index (χ0v) is 14.1. The van der Waals surface area contributed by atoms with Crippen LogP contribution in [0.3, 0.4) is 0 Å². The number of aromatic nitrogens is 6. The van der Waals surface area contributed by atoms with Crippen molar-refractivity contribution in [3.63, 3.8) is 0 Å². The minimum Gasteiger partial charge on any atom is -0.364 e. The quantitative estimate of drug-likeness (QED) is 0.569. The lowest BCUT2D eigenvalue weighted by atomic mass is 10.2. The molecular weight excluding hydrogens is 334 g/mol. The number of H-pyrrole nitrogens is 1. The molecule has 9 heteroatoms. The number of carbonyl (C=O) groups excluding carboxylic acids is 1. The van der Waals surface area contributed by atoms with Crippen LogP contribution < -0.4 is 11.4 Å². The maximum atomic E-state index is 12.5. The second kappa shape index (κ2) is 5.66. The van der Waals surface area contributed by atoms with E-state index in [9.17, 15) is 9.59 Å². The molecule has 1 amide bonds. The van der Waals surface area contributed by atoms with Gasteiger partial charge in [-0.3, -0.25) is 9.48 Å². The van der Waals surface area contributed by atoms with Crippen molar-refractivity contribution in [1.29, 1.82) is 0 Å². The standard InChI is InChI=1S/C17H15N7O2/c1-9-11(8-23(2)22-9)15-19-12(14(18)25)13-16(21-15)24(17(26)20-13)10-6-4-3-5-7-10/h3-8H,1-2H3,(H2,18,25)(H,20,26). The minimum absolute atomic E-state index is 0.0416. The highest BCUT2D eigenvalue weighted by Gasteiger charge is 2.21. The maximum Gasteiger partial charge on any atom is 0.332 e. The second-order valence-electron chi connectivity index (χ2n) is 5.86. The van der Waals surface area contributed by atoms with Crippen LogP contribution in [0.2, 0.25) is 0 Å². The van der Waals surface area contributed by atoms with Crippen molar-refractivity contribution in [3.05, 3.63) is 58.4 Å². The van der Waals surface area contributed by atoms with Gasteiger partial charge in [0.15, 0.2) is 17.2 Å². The van der Waals surface area contributed by atoms with E-state index < -0.39 is 11.6 Å². The first-order chi connectivity index (χ1) is 12.5. The van der Waals surface area contributed by atoms with Crippen LogP contribution in [0.25, 0.3) is 28.2 Å². The van der Waals surface area contributed by atoms with Gasteiger partial charge >= 0.3 is 5.69 Å². The Morgan fingerprint density at radius 2 is 1.92 bits per heavy atom. The van der Waals surface area contributed by atoms with Gasteiger partial charge in [-0.2, -0.15) is 5.10 Å². The van der Waals surface area contributed by atoms with E-state index in [0.29, 0.717) is 16.9 Å². The Hall–Kier alpha value is -3.75. The van der Waals surface area contributed by atoms with E-state index >= 15 is 0 Å². The minimum atomic E-state index is -0.748. The van der Waals surface area contributed by atoms with Crippen molar-refractivity contribution in [2.24, 2.45) is 12.8 Å². The molecule has 0 aliphatic rings. The van der Waals surface area contributed by atoms with E-state index in [-0.39, 0.29) is 22.7 Å². The van der Waals surface area contributed by atoms with Gasteiger partial charge in [-0.05, 0) is 19.1 Å². The van der Waals surface area contributed by atoms with Crippen LogP contribution in [-0.4, -0.2) is 35.2 Å². The van der Waals surface area contributed by atoms with Gasteiger partial charge in [0.05, 0.1) is 16.9 Å². The summed E-state index contributed by atoms with van der Waals surface area (Å²) in [5, 5.41) is 4.27.